The van der Waals surface area contributed by atoms with Gasteiger partial charge in [0, 0.05) is 0 Å². The van der Waals surface area contributed by atoms with Gasteiger partial charge in [-0.1, -0.05) is 91.0 Å². The highest BCUT2D eigenvalue weighted by Gasteiger charge is 2.37. The molecule has 11 nitrogen and oxygen atoms in total. The standard InChI is InChI=1S/C41H58O11/c1-40(2,3)52-39(42)35-50-32-31-48-28-27-46-24-23-44-20-19-43-21-22-45-25-26-47-29-30-49-33-34-51-41(36-13-7-4-8-14-36,37-15-9-5-10-16-37)38-17-11-6-12-18-38/h4-18H,19-35H2,1-3H3. The lowest BCUT2D eigenvalue weighted by atomic mass is 9.80. The van der Waals surface area contributed by atoms with E-state index >= 15 is 0 Å². The van der Waals surface area contributed by atoms with Crippen molar-refractivity contribution in [3.8, 4) is 0 Å². The molecule has 0 bridgehead atoms. The molecule has 0 aliphatic heterocycles. The predicted octanol–water partition coefficient (Wildman–Crippen LogP) is 5.47. The van der Waals surface area contributed by atoms with E-state index in [1.54, 1.807) is 0 Å². The molecule has 0 saturated carbocycles. The number of hydrogen-bond donors (Lipinski definition) is 0. The van der Waals surface area contributed by atoms with Crippen LogP contribution in [-0.2, 0) is 57.8 Å². The Kier molecular flexibility index (Phi) is 22.0. The average Bonchev–Trinajstić information content (AvgIpc) is 3.15. The van der Waals surface area contributed by atoms with E-state index in [0.717, 1.165) is 16.7 Å². The Balaban J connectivity index is 1.10. The predicted molar refractivity (Wildman–Crippen MR) is 198 cm³/mol. The van der Waals surface area contributed by atoms with Gasteiger partial charge in [0.1, 0.15) is 17.8 Å². The monoisotopic (exact) mass is 726 g/mol. The lowest BCUT2D eigenvalue weighted by Crippen LogP contribution is -2.34. The molecule has 0 atom stereocenters. The molecule has 0 N–H and O–H groups in total. The molecule has 0 radical (unpaired) electrons. The molecule has 3 aromatic carbocycles. The fourth-order valence-corrected chi connectivity index (χ4v) is 5.09. The topological polar surface area (TPSA) is 109 Å². The van der Waals surface area contributed by atoms with E-state index in [1.165, 1.54) is 0 Å². The minimum atomic E-state index is -0.755. The normalized spacial score (nSPS) is 11.9. The SMILES string of the molecule is CC(C)(C)OC(=O)COCCOCCOCCOCCOCCOCCOCCOCCOC(c1ccccc1)(c1ccccc1)c1ccccc1. The van der Waals surface area contributed by atoms with Crippen LogP contribution < -0.4 is 0 Å². The van der Waals surface area contributed by atoms with E-state index in [-0.39, 0.29) is 12.6 Å². The van der Waals surface area contributed by atoms with Gasteiger partial charge in [-0.25, -0.2) is 4.79 Å². The molecule has 0 amide bonds. The van der Waals surface area contributed by atoms with Gasteiger partial charge in [0.2, 0.25) is 0 Å². The minimum Gasteiger partial charge on any atom is -0.458 e. The number of carbonyl (C=O) groups is 1. The number of benzene rings is 3. The van der Waals surface area contributed by atoms with Crippen LogP contribution in [0.15, 0.2) is 91.0 Å². The average molecular weight is 727 g/mol. The van der Waals surface area contributed by atoms with Crippen LogP contribution in [0, 0.1) is 0 Å². The number of carbonyl (C=O) groups excluding carboxylic acids is 1. The van der Waals surface area contributed by atoms with Crippen molar-refractivity contribution < 1.29 is 52.2 Å². The van der Waals surface area contributed by atoms with Crippen molar-refractivity contribution in [2.45, 2.75) is 32.0 Å². The Morgan fingerprint density at radius 3 is 0.962 bits per heavy atom. The lowest BCUT2D eigenvalue weighted by Gasteiger charge is -2.36. The summed E-state index contributed by atoms with van der Waals surface area (Å²) in [5.41, 5.74) is 1.92. The zero-order valence-electron chi connectivity index (χ0n) is 31.2. The maximum absolute atomic E-state index is 11.5. The Bertz CT molecular complexity index is 1190. The van der Waals surface area contributed by atoms with Crippen LogP contribution in [-0.4, -0.2) is 124 Å². The van der Waals surface area contributed by atoms with Gasteiger partial charge in [-0.3, -0.25) is 0 Å². The molecule has 0 saturated heterocycles. The summed E-state index contributed by atoms with van der Waals surface area (Å²) in [5.74, 6) is -0.387. The van der Waals surface area contributed by atoms with E-state index in [1.807, 2.05) is 75.4 Å². The van der Waals surface area contributed by atoms with Crippen molar-refractivity contribution >= 4 is 5.97 Å². The summed E-state index contributed by atoms with van der Waals surface area (Å²) < 4.78 is 56.1. The van der Waals surface area contributed by atoms with Crippen LogP contribution in [0.2, 0.25) is 0 Å². The Morgan fingerprint density at radius 1 is 0.404 bits per heavy atom. The molecule has 0 unspecified atom stereocenters. The largest absolute Gasteiger partial charge is 0.458 e. The van der Waals surface area contributed by atoms with Gasteiger partial charge in [0.15, 0.2) is 0 Å². The second-order valence-electron chi connectivity index (χ2n) is 12.6. The van der Waals surface area contributed by atoms with Crippen LogP contribution in [0.3, 0.4) is 0 Å². The van der Waals surface area contributed by atoms with Crippen LogP contribution in [0.1, 0.15) is 37.5 Å². The molecule has 0 aliphatic rings. The Labute approximate surface area is 309 Å². The minimum absolute atomic E-state index is 0.0848. The van der Waals surface area contributed by atoms with Crippen LogP contribution >= 0.6 is 0 Å². The van der Waals surface area contributed by atoms with Gasteiger partial charge in [0.25, 0.3) is 0 Å². The summed E-state index contributed by atoms with van der Waals surface area (Å²) in [4.78, 5) is 11.5. The second-order valence-corrected chi connectivity index (χ2v) is 12.6. The molecule has 0 heterocycles. The van der Waals surface area contributed by atoms with Crippen LogP contribution in [0.4, 0.5) is 0 Å². The first kappa shape index (κ1) is 43.2. The van der Waals surface area contributed by atoms with E-state index in [2.05, 4.69) is 36.4 Å². The first-order chi connectivity index (χ1) is 25.4. The molecule has 3 rings (SSSR count). The van der Waals surface area contributed by atoms with Gasteiger partial charge in [-0.15, -0.1) is 0 Å². The third-order valence-corrected chi connectivity index (χ3v) is 7.33. The Morgan fingerprint density at radius 2 is 0.673 bits per heavy atom. The van der Waals surface area contributed by atoms with Gasteiger partial charge in [-0.05, 0) is 37.5 Å². The molecule has 0 aromatic heterocycles. The van der Waals surface area contributed by atoms with E-state index in [0.29, 0.717) is 106 Å². The highest BCUT2D eigenvalue weighted by Crippen LogP contribution is 2.40. The van der Waals surface area contributed by atoms with Crippen LogP contribution in [0.25, 0.3) is 0 Å². The zero-order chi connectivity index (χ0) is 37.0. The number of rotatable bonds is 30. The Hall–Kier alpha value is -3.23. The molecule has 0 spiro atoms. The summed E-state index contributed by atoms with van der Waals surface area (Å²) >= 11 is 0. The van der Waals surface area contributed by atoms with Gasteiger partial charge in [-0.2, -0.15) is 0 Å². The lowest BCUT2D eigenvalue weighted by molar-refractivity contribution is -0.160. The fourth-order valence-electron chi connectivity index (χ4n) is 5.09. The molecule has 0 aliphatic carbocycles. The van der Waals surface area contributed by atoms with Gasteiger partial charge >= 0.3 is 5.97 Å². The van der Waals surface area contributed by atoms with Crippen LogP contribution in [0.5, 0.6) is 0 Å². The summed E-state index contributed by atoms with van der Waals surface area (Å²) in [6, 6.07) is 30.9. The fraction of sp³-hybridized carbons (Fsp3) is 0.537. The molecule has 52 heavy (non-hydrogen) atoms. The van der Waals surface area contributed by atoms with E-state index < -0.39 is 11.2 Å². The number of ether oxygens (including phenoxy) is 10. The zero-order valence-corrected chi connectivity index (χ0v) is 31.2. The molecular formula is C41H58O11. The van der Waals surface area contributed by atoms with Crippen molar-refractivity contribution in [3.63, 3.8) is 0 Å². The third kappa shape index (κ3) is 18.0. The first-order valence-electron chi connectivity index (χ1n) is 18.1. The van der Waals surface area contributed by atoms with Crippen molar-refractivity contribution in [3.05, 3.63) is 108 Å². The molecule has 3 aromatic rings. The van der Waals surface area contributed by atoms with Crippen molar-refractivity contribution in [2.24, 2.45) is 0 Å². The van der Waals surface area contributed by atoms with E-state index in [4.69, 9.17) is 47.4 Å². The summed E-state index contributed by atoms with van der Waals surface area (Å²) in [5, 5.41) is 0. The maximum Gasteiger partial charge on any atom is 0.332 e. The highest BCUT2D eigenvalue weighted by molar-refractivity contribution is 5.71. The molecular weight excluding hydrogens is 668 g/mol. The number of esters is 1. The summed E-state index contributed by atoms with van der Waals surface area (Å²) in [6.45, 7) is 12.6. The molecule has 0 fully saturated rings. The summed E-state index contributed by atoms with van der Waals surface area (Å²) in [6.07, 6.45) is 0. The first-order valence-corrected chi connectivity index (χ1v) is 18.1. The van der Waals surface area contributed by atoms with Gasteiger partial charge < -0.3 is 47.4 Å². The number of hydrogen-bond acceptors (Lipinski definition) is 11. The molecule has 11 heteroatoms. The smallest absolute Gasteiger partial charge is 0.332 e. The highest BCUT2D eigenvalue weighted by atomic mass is 16.6. The molecule has 288 valence electrons. The van der Waals surface area contributed by atoms with Crippen molar-refractivity contribution in [1.82, 2.24) is 0 Å². The summed E-state index contributed by atoms with van der Waals surface area (Å²) in [7, 11) is 0. The van der Waals surface area contributed by atoms with Gasteiger partial charge in [0.05, 0.1) is 106 Å². The maximum atomic E-state index is 11.5. The van der Waals surface area contributed by atoms with Crippen molar-refractivity contribution in [1.29, 1.82) is 0 Å². The third-order valence-electron chi connectivity index (χ3n) is 7.33. The van der Waals surface area contributed by atoms with Crippen molar-refractivity contribution in [2.75, 3.05) is 112 Å². The quantitative estimate of drug-likeness (QED) is 0.0496. The second kappa shape index (κ2) is 26.5. The van der Waals surface area contributed by atoms with E-state index in [9.17, 15) is 4.79 Å².